The fourth-order valence-corrected chi connectivity index (χ4v) is 3.67. The van der Waals surface area contributed by atoms with Crippen LogP contribution >= 0.6 is 0 Å². The molecule has 5 nitrogen and oxygen atoms in total. The minimum Gasteiger partial charge on any atom is -0.354 e. The van der Waals surface area contributed by atoms with Crippen LogP contribution in [0.25, 0.3) is 16.8 Å². The second-order valence-corrected chi connectivity index (χ2v) is 7.14. The Hall–Kier alpha value is -2.47. The fourth-order valence-electron chi connectivity index (χ4n) is 3.67. The zero-order chi connectivity index (χ0) is 18.4. The van der Waals surface area contributed by atoms with E-state index in [1.807, 2.05) is 18.4 Å². The molecule has 1 aliphatic rings. The van der Waals surface area contributed by atoms with Crippen molar-refractivity contribution >= 4 is 11.5 Å². The first-order valence-electron chi connectivity index (χ1n) is 9.01. The maximum Gasteiger partial charge on any atom is 0.165 e. The van der Waals surface area contributed by atoms with E-state index in [2.05, 4.69) is 23.8 Å². The second kappa shape index (κ2) is 6.36. The summed E-state index contributed by atoms with van der Waals surface area (Å²) >= 11 is 0. The minimum absolute atomic E-state index is 0.235. The maximum absolute atomic E-state index is 13.4. The second-order valence-electron chi connectivity index (χ2n) is 7.14. The first kappa shape index (κ1) is 17.0. The molecule has 0 atom stereocenters. The minimum atomic E-state index is -0.235. The van der Waals surface area contributed by atoms with Crippen LogP contribution in [0.1, 0.15) is 17.0 Å². The van der Waals surface area contributed by atoms with E-state index in [4.69, 9.17) is 10.1 Å². The molecule has 4 rings (SSSR count). The topological polar surface area (TPSA) is 36.7 Å². The van der Waals surface area contributed by atoms with Crippen LogP contribution in [-0.4, -0.2) is 52.7 Å². The first-order valence-corrected chi connectivity index (χ1v) is 9.01. The summed E-state index contributed by atoms with van der Waals surface area (Å²) in [5.41, 5.74) is 5.84. The third-order valence-corrected chi connectivity index (χ3v) is 5.32. The molecule has 0 aliphatic carbocycles. The third kappa shape index (κ3) is 2.74. The van der Waals surface area contributed by atoms with Gasteiger partial charge in [0.25, 0.3) is 0 Å². The summed E-state index contributed by atoms with van der Waals surface area (Å²) in [7, 11) is 2.16. The lowest BCUT2D eigenvalue weighted by Gasteiger charge is -2.35. The highest BCUT2D eigenvalue weighted by Crippen LogP contribution is 2.32. The summed E-state index contributed by atoms with van der Waals surface area (Å²) in [4.78, 5) is 9.58. The van der Waals surface area contributed by atoms with Gasteiger partial charge in [-0.1, -0.05) is 12.1 Å². The van der Waals surface area contributed by atoms with Crippen LogP contribution in [0.5, 0.6) is 0 Å². The highest BCUT2D eigenvalue weighted by Gasteiger charge is 2.23. The van der Waals surface area contributed by atoms with Crippen LogP contribution in [-0.2, 0) is 0 Å². The van der Waals surface area contributed by atoms with Crippen molar-refractivity contribution in [3.8, 4) is 11.1 Å². The SMILES string of the molecule is Cc1nc2c(-c3ccc(F)cc3)c(C)nn2c(N2CCN(C)CC2)c1C. The van der Waals surface area contributed by atoms with Gasteiger partial charge in [0.15, 0.2) is 5.65 Å². The van der Waals surface area contributed by atoms with Gasteiger partial charge in [-0.05, 0) is 45.5 Å². The average Bonchev–Trinajstić information content (AvgIpc) is 2.93. The quantitative estimate of drug-likeness (QED) is 0.709. The van der Waals surface area contributed by atoms with E-state index >= 15 is 0 Å². The Kier molecular flexibility index (Phi) is 4.15. The monoisotopic (exact) mass is 353 g/mol. The number of aryl methyl sites for hydroxylation is 2. The van der Waals surface area contributed by atoms with Gasteiger partial charge in [-0.25, -0.2) is 9.37 Å². The average molecular weight is 353 g/mol. The Labute approximate surface area is 153 Å². The number of piperazine rings is 1. The van der Waals surface area contributed by atoms with E-state index in [0.717, 1.165) is 65.7 Å². The molecule has 6 heteroatoms. The molecule has 1 aromatic carbocycles. The van der Waals surface area contributed by atoms with Gasteiger partial charge in [0.1, 0.15) is 11.6 Å². The van der Waals surface area contributed by atoms with Crippen molar-refractivity contribution in [1.29, 1.82) is 0 Å². The van der Waals surface area contributed by atoms with Gasteiger partial charge in [-0.2, -0.15) is 9.61 Å². The molecular weight excluding hydrogens is 329 g/mol. The molecule has 0 amide bonds. The Morgan fingerprint density at radius 1 is 0.923 bits per heavy atom. The molecule has 136 valence electrons. The number of anilines is 1. The first-order chi connectivity index (χ1) is 12.5. The number of nitrogens with zero attached hydrogens (tertiary/aromatic N) is 5. The number of halogens is 1. The van der Waals surface area contributed by atoms with Gasteiger partial charge < -0.3 is 9.80 Å². The lowest BCUT2D eigenvalue weighted by atomic mass is 10.1. The smallest absolute Gasteiger partial charge is 0.165 e. The summed E-state index contributed by atoms with van der Waals surface area (Å²) in [5.74, 6) is 0.887. The van der Waals surface area contributed by atoms with E-state index in [1.165, 1.54) is 12.1 Å². The Morgan fingerprint density at radius 3 is 2.23 bits per heavy atom. The number of likely N-dealkylation sites (N-methyl/N-ethyl adjacent to an activating group) is 1. The molecule has 0 bridgehead atoms. The Bertz CT molecular complexity index is 953. The third-order valence-electron chi connectivity index (χ3n) is 5.32. The number of rotatable bonds is 2. The maximum atomic E-state index is 13.4. The largest absolute Gasteiger partial charge is 0.354 e. The molecule has 0 radical (unpaired) electrons. The van der Waals surface area contributed by atoms with Gasteiger partial charge in [0, 0.05) is 43.0 Å². The summed E-state index contributed by atoms with van der Waals surface area (Å²) in [5, 5.41) is 4.81. The molecule has 3 aromatic rings. The molecule has 3 heterocycles. The molecule has 0 saturated carbocycles. The molecule has 0 unspecified atom stereocenters. The van der Waals surface area contributed by atoms with E-state index in [9.17, 15) is 4.39 Å². The molecule has 0 N–H and O–H groups in total. The molecule has 1 fully saturated rings. The lowest BCUT2D eigenvalue weighted by Crippen LogP contribution is -2.45. The van der Waals surface area contributed by atoms with Crippen LogP contribution in [0.15, 0.2) is 24.3 Å². The molecule has 1 saturated heterocycles. The normalized spacial score (nSPS) is 15.8. The van der Waals surface area contributed by atoms with E-state index in [1.54, 1.807) is 12.1 Å². The Morgan fingerprint density at radius 2 is 1.58 bits per heavy atom. The van der Waals surface area contributed by atoms with Crippen molar-refractivity contribution in [2.24, 2.45) is 0 Å². The number of benzene rings is 1. The highest BCUT2D eigenvalue weighted by molar-refractivity contribution is 5.81. The van der Waals surface area contributed by atoms with Gasteiger partial charge in [-0.15, -0.1) is 0 Å². The van der Waals surface area contributed by atoms with Gasteiger partial charge >= 0.3 is 0 Å². The fraction of sp³-hybridized carbons (Fsp3) is 0.400. The van der Waals surface area contributed by atoms with Crippen molar-refractivity contribution in [1.82, 2.24) is 19.5 Å². The van der Waals surface area contributed by atoms with Crippen molar-refractivity contribution in [2.45, 2.75) is 20.8 Å². The predicted octanol–water partition coefficient (Wildman–Crippen LogP) is 3.21. The van der Waals surface area contributed by atoms with Crippen molar-refractivity contribution in [3.05, 3.63) is 47.0 Å². The highest BCUT2D eigenvalue weighted by atomic mass is 19.1. The number of fused-ring (bicyclic) bond motifs is 1. The van der Waals surface area contributed by atoms with Gasteiger partial charge in [0.2, 0.25) is 0 Å². The molecule has 26 heavy (non-hydrogen) atoms. The van der Waals surface area contributed by atoms with Crippen LogP contribution in [0.4, 0.5) is 10.2 Å². The lowest BCUT2D eigenvalue weighted by molar-refractivity contribution is 0.311. The van der Waals surface area contributed by atoms with Crippen molar-refractivity contribution in [2.75, 3.05) is 38.1 Å². The van der Waals surface area contributed by atoms with Crippen LogP contribution in [0, 0.1) is 26.6 Å². The zero-order valence-corrected chi connectivity index (χ0v) is 15.8. The van der Waals surface area contributed by atoms with Crippen LogP contribution in [0.2, 0.25) is 0 Å². The standard InChI is InChI=1S/C20H24FN5/c1-13-14(2)22-19-18(16-5-7-17(21)8-6-16)15(3)23-26(19)20(13)25-11-9-24(4)10-12-25/h5-8H,9-12H2,1-4H3. The Balaban J connectivity index is 1.92. The molecular formula is C20H24FN5. The summed E-state index contributed by atoms with van der Waals surface area (Å²) in [6.07, 6.45) is 0. The zero-order valence-electron chi connectivity index (χ0n) is 15.8. The van der Waals surface area contributed by atoms with Crippen molar-refractivity contribution in [3.63, 3.8) is 0 Å². The predicted molar refractivity (Wildman–Crippen MR) is 102 cm³/mol. The molecule has 0 spiro atoms. The van der Waals surface area contributed by atoms with E-state index < -0.39 is 0 Å². The van der Waals surface area contributed by atoms with Crippen molar-refractivity contribution < 1.29 is 4.39 Å². The van der Waals surface area contributed by atoms with Crippen LogP contribution in [0.3, 0.4) is 0 Å². The summed E-state index contributed by atoms with van der Waals surface area (Å²) in [6.45, 7) is 10.2. The molecule has 2 aromatic heterocycles. The number of hydrogen-bond donors (Lipinski definition) is 0. The number of hydrogen-bond acceptors (Lipinski definition) is 4. The molecule has 1 aliphatic heterocycles. The van der Waals surface area contributed by atoms with Gasteiger partial charge in [-0.3, -0.25) is 0 Å². The van der Waals surface area contributed by atoms with Gasteiger partial charge in [0.05, 0.1) is 5.69 Å². The summed E-state index contributed by atoms with van der Waals surface area (Å²) < 4.78 is 15.3. The van der Waals surface area contributed by atoms with E-state index in [0.29, 0.717) is 0 Å². The van der Waals surface area contributed by atoms with E-state index in [-0.39, 0.29) is 5.82 Å². The number of aromatic nitrogens is 3. The van der Waals surface area contributed by atoms with Crippen LogP contribution < -0.4 is 4.90 Å². The summed E-state index contributed by atoms with van der Waals surface area (Å²) in [6, 6.07) is 6.57.